The summed E-state index contributed by atoms with van der Waals surface area (Å²) < 4.78 is 25.8. The lowest BCUT2D eigenvalue weighted by atomic mass is 10.1. The van der Waals surface area contributed by atoms with Crippen molar-refractivity contribution in [3.63, 3.8) is 0 Å². The number of unbranched alkanes of at least 4 members (excludes halogenated alkanes) is 1. The van der Waals surface area contributed by atoms with Crippen LogP contribution in [0.15, 0.2) is 18.2 Å². The largest absolute Gasteiger partial charge is 0.339 e. The van der Waals surface area contributed by atoms with Gasteiger partial charge in [-0.1, -0.05) is 0 Å². The fourth-order valence-electron chi connectivity index (χ4n) is 1.66. The minimum absolute atomic E-state index is 0.170. The molecule has 2 N–H and O–H groups in total. The average molecular weight is 256 g/mol. The van der Waals surface area contributed by atoms with E-state index in [1.54, 1.807) is 4.90 Å². The van der Waals surface area contributed by atoms with E-state index in [2.05, 4.69) is 0 Å². The third-order valence-electron chi connectivity index (χ3n) is 2.72. The molecule has 0 aromatic heterocycles. The first-order valence-corrected chi connectivity index (χ1v) is 6.04. The predicted molar refractivity (Wildman–Crippen MR) is 66.2 cm³/mol. The lowest BCUT2D eigenvalue weighted by Crippen LogP contribution is -2.32. The van der Waals surface area contributed by atoms with Crippen LogP contribution in [0.1, 0.15) is 30.1 Å². The number of hydrogen-bond acceptors (Lipinski definition) is 2. The van der Waals surface area contributed by atoms with Crippen LogP contribution in [0, 0.1) is 11.6 Å². The molecular formula is C13H18F2N2O. The van der Waals surface area contributed by atoms with Crippen LogP contribution in [-0.2, 0) is 0 Å². The lowest BCUT2D eigenvalue weighted by Gasteiger charge is -2.20. The van der Waals surface area contributed by atoms with E-state index < -0.39 is 11.6 Å². The lowest BCUT2D eigenvalue weighted by molar-refractivity contribution is 0.0761. The summed E-state index contributed by atoms with van der Waals surface area (Å²) in [5.74, 6) is -2.23. The smallest absolute Gasteiger partial charge is 0.253 e. The Kier molecular flexibility index (Phi) is 5.71. The van der Waals surface area contributed by atoms with E-state index in [1.165, 1.54) is 6.07 Å². The summed E-state index contributed by atoms with van der Waals surface area (Å²) in [6, 6.07) is 3.20. The van der Waals surface area contributed by atoms with E-state index in [0.717, 1.165) is 25.0 Å². The molecule has 0 spiro atoms. The Morgan fingerprint density at radius 2 is 2.00 bits per heavy atom. The Balaban J connectivity index is 2.73. The van der Waals surface area contributed by atoms with Gasteiger partial charge in [-0.25, -0.2) is 8.78 Å². The zero-order valence-electron chi connectivity index (χ0n) is 10.5. The van der Waals surface area contributed by atoms with E-state index in [-0.39, 0.29) is 11.5 Å². The summed E-state index contributed by atoms with van der Waals surface area (Å²) in [7, 11) is 0. The van der Waals surface area contributed by atoms with Crippen molar-refractivity contribution in [1.82, 2.24) is 4.90 Å². The number of hydrogen-bond donors (Lipinski definition) is 1. The second-order valence-electron chi connectivity index (χ2n) is 4.01. The van der Waals surface area contributed by atoms with Crippen molar-refractivity contribution >= 4 is 5.91 Å². The SMILES string of the molecule is CCN(CCCCN)C(=O)c1ccc(F)c(F)c1. The molecule has 1 amide bonds. The van der Waals surface area contributed by atoms with Crippen LogP contribution < -0.4 is 5.73 Å². The Morgan fingerprint density at radius 3 is 2.56 bits per heavy atom. The van der Waals surface area contributed by atoms with Gasteiger partial charge in [0.05, 0.1) is 0 Å². The average Bonchev–Trinajstić information content (AvgIpc) is 2.37. The monoisotopic (exact) mass is 256 g/mol. The van der Waals surface area contributed by atoms with Gasteiger partial charge in [0.2, 0.25) is 0 Å². The maximum atomic E-state index is 13.1. The topological polar surface area (TPSA) is 46.3 Å². The van der Waals surface area contributed by atoms with Gasteiger partial charge >= 0.3 is 0 Å². The van der Waals surface area contributed by atoms with Gasteiger partial charge < -0.3 is 10.6 Å². The highest BCUT2D eigenvalue weighted by Gasteiger charge is 2.15. The van der Waals surface area contributed by atoms with Crippen LogP contribution in [0.3, 0.4) is 0 Å². The number of carbonyl (C=O) groups is 1. The van der Waals surface area contributed by atoms with Crippen molar-refractivity contribution in [2.75, 3.05) is 19.6 Å². The number of benzene rings is 1. The third-order valence-corrected chi connectivity index (χ3v) is 2.72. The molecule has 0 heterocycles. The number of rotatable bonds is 6. The van der Waals surface area contributed by atoms with Crippen molar-refractivity contribution < 1.29 is 13.6 Å². The van der Waals surface area contributed by atoms with Gasteiger partial charge in [-0.15, -0.1) is 0 Å². The van der Waals surface area contributed by atoms with Crippen molar-refractivity contribution in [2.45, 2.75) is 19.8 Å². The number of carbonyl (C=O) groups excluding carboxylic acids is 1. The van der Waals surface area contributed by atoms with Crippen LogP contribution in [0.5, 0.6) is 0 Å². The minimum atomic E-state index is -1.00. The Hall–Kier alpha value is -1.49. The van der Waals surface area contributed by atoms with Crippen LogP contribution in [0.2, 0.25) is 0 Å². The molecule has 5 heteroatoms. The zero-order chi connectivity index (χ0) is 13.5. The fraction of sp³-hybridized carbons (Fsp3) is 0.462. The molecule has 0 saturated heterocycles. The molecule has 1 aromatic rings. The molecule has 0 saturated carbocycles. The van der Waals surface area contributed by atoms with E-state index >= 15 is 0 Å². The molecule has 0 aliphatic carbocycles. The maximum absolute atomic E-state index is 13.1. The van der Waals surface area contributed by atoms with Gasteiger partial charge in [0.25, 0.3) is 5.91 Å². The molecule has 0 fully saturated rings. The minimum Gasteiger partial charge on any atom is -0.339 e. The normalized spacial score (nSPS) is 10.4. The molecule has 1 aromatic carbocycles. The molecule has 0 radical (unpaired) electrons. The van der Waals surface area contributed by atoms with Crippen LogP contribution in [0.4, 0.5) is 8.78 Å². The molecule has 0 unspecified atom stereocenters. The summed E-state index contributed by atoms with van der Waals surface area (Å²) in [6.07, 6.45) is 1.64. The molecule has 0 bridgehead atoms. The van der Waals surface area contributed by atoms with E-state index in [0.29, 0.717) is 19.6 Å². The highest BCUT2D eigenvalue weighted by atomic mass is 19.2. The fourth-order valence-corrected chi connectivity index (χ4v) is 1.66. The van der Waals surface area contributed by atoms with Crippen LogP contribution >= 0.6 is 0 Å². The molecule has 3 nitrogen and oxygen atoms in total. The predicted octanol–water partition coefficient (Wildman–Crippen LogP) is 2.17. The Morgan fingerprint density at radius 1 is 1.28 bits per heavy atom. The number of amides is 1. The van der Waals surface area contributed by atoms with Gasteiger partial charge in [-0.2, -0.15) is 0 Å². The van der Waals surface area contributed by atoms with Crippen molar-refractivity contribution in [3.8, 4) is 0 Å². The van der Waals surface area contributed by atoms with Crippen molar-refractivity contribution in [3.05, 3.63) is 35.4 Å². The Bertz CT molecular complexity index is 410. The summed E-state index contributed by atoms with van der Waals surface area (Å²) in [6.45, 7) is 3.53. The van der Waals surface area contributed by atoms with Crippen LogP contribution in [-0.4, -0.2) is 30.4 Å². The number of halogens is 2. The van der Waals surface area contributed by atoms with Crippen molar-refractivity contribution in [2.24, 2.45) is 5.73 Å². The summed E-state index contributed by atoms with van der Waals surface area (Å²) in [5.41, 5.74) is 5.56. The van der Waals surface area contributed by atoms with Gasteiger partial charge in [0, 0.05) is 18.7 Å². The van der Waals surface area contributed by atoms with E-state index in [4.69, 9.17) is 5.73 Å². The second-order valence-corrected chi connectivity index (χ2v) is 4.01. The molecular weight excluding hydrogens is 238 g/mol. The first-order chi connectivity index (χ1) is 8.60. The van der Waals surface area contributed by atoms with E-state index in [9.17, 15) is 13.6 Å². The standard InChI is InChI=1S/C13H18F2N2O/c1-2-17(8-4-3-7-16)13(18)10-5-6-11(14)12(15)9-10/h5-6,9H,2-4,7-8,16H2,1H3. The first-order valence-electron chi connectivity index (χ1n) is 6.04. The van der Waals surface area contributed by atoms with Crippen LogP contribution in [0.25, 0.3) is 0 Å². The quantitative estimate of drug-likeness (QED) is 0.793. The molecule has 0 aliphatic heterocycles. The first kappa shape index (κ1) is 14.6. The third kappa shape index (κ3) is 3.77. The molecule has 18 heavy (non-hydrogen) atoms. The second kappa shape index (κ2) is 7.06. The zero-order valence-corrected chi connectivity index (χ0v) is 10.5. The summed E-state index contributed by atoms with van der Waals surface area (Å²) >= 11 is 0. The van der Waals surface area contributed by atoms with Gasteiger partial charge in [0.1, 0.15) is 0 Å². The number of nitrogens with two attached hydrogens (primary N) is 1. The molecule has 100 valence electrons. The van der Waals surface area contributed by atoms with Gasteiger partial charge in [0.15, 0.2) is 11.6 Å². The highest BCUT2D eigenvalue weighted by molar-refractivity contribution is 5.94. The number of nitrogens with zero attached hydrogens (tertiary/aromatic N) is 1. The highest BCUT2D eigenvalue weighted by Crippen LogP contribution is 2.11. The Labute approximate surface area is 106 Å². The summed E-state index contributed by atoms with van der Waals surface area (Å²) in [5, 5.41) is 0. The van der Waals surface area contributed by atoms with Gasteiger partial charge in [-0.05, 0) is 44.5 Å². The van der Waals surface area contributed by atoms with E-state index in [1.807, 2.05) is 6.92 Å². The van der Waals surface area contributed by atoms with Crippen molar-refractivity contribution in [1.29, 1.82) is 0 Å². The summed E-state index contributed by atoms with van der Waals surface area (Å²) in [4.78, 5) is 13.6. The maximum Gasteiger partial charge on any atom is 0.253 e. The molecule has 0 atom stereocenters. The molecule has 1 rings (SSSR count). The van der Waals surface area contributed by atoms with Gasteiger partial charge in [-0.3, -0.25) is 4.79 Å². The molecule has 0 aliphatic rings.